The van der Waals surface area contributed by atoms with Crippen molar-refractivity contribution in [3.05, 3.63) is 29.8 Å². The number of carbonyl (C=O) groups is 1. The highest BCUT2D eigenvalue weighted by Crippen LogP contribution is 2.14. The van der Waals surface area contributed by atoms with Crippen molar-refractivity contribution < 1.29 is 9.53 Å². The molecule has 3 nitrogen and oxygen atoms in total. The SMILES string of the molecule is CCC(=O)c1ccc(OCCN2CCCCC2)cc1.Cl. The van der Waals surface area contributed by atoms with E-state index in [9.17, 15) is 4.79 Å². The predicted molar refractivity (Wildman–Crippen MR) is 84.1 cm³/mol. The van der Waals surface area contributed by atoms with E-state index in [0.29, 0.717) is 6.42 Å². The monoisotopic (exact) mass is 297 g/mol. The summed E-state index contributed by atoms with van der Waals surface area (Å²) in [5.74, 6) is 1.03. The highest BCUT2D eigenvalue weighted by molar-refractivity contribution is 5.95. The van der Waals surface area contributed by atoms with Crippen LogP contribution in [-0.2, 0) is 0 Å². The molecule has 112 valence electrons. The van der Waals surface area contributed by atoms with Crippen LogP contribution < -0.4 is 4.74 Å². The molecule has 0 bridgehead atoms. The summed E-state index contributed by atoms with van der Waals surface area (Å²) in [5, 5.41) is 0. The number of ether oxygens (including phenoxy) is 1. The zero-order valence-corrected chi connectivity index (χ0v) is 13.0. The smallest absolute Gasteiger partial charge is 0.162 e. The molecule has 1 aliphatic heterocycles. The molecule has 0 saturated carbocycles. The summed E-state index contributed by atoms with van der Waals surface area (Å²) in [7, 11) is 0. The summed E-state index contributed by atoms with van der Waals surface area (Å²) < 4.78 is 5.72. The van der Waals surface area contributed by atoms with E-state index < -0.39 is 0 Å². The summed E-state index contributed by atoms with van der Waals surface area (Å²) in [4.78, 5) is 14.0. The van der Waals surface area contributed by atoms with E-state index >= 15 is 0 Å². The Balaban J connectivity index is 0.00000200. The molecule has 0 unspecified atom stereocenters. The van der Waals surface area contributed by atoms with Gasteiger partial charge in [-0.15, -0.1) is 12.4 Å². The molecule has 1 aromatic rings. The van der Waals surface area contributed by atoms with Gasteiger partial charge in [0, 0.05) is 18.5 Å². The van der Waals surface area contributed by atoms with Crippen LogP contribution in [0.25, 0.3) is 0 Å². The van der Waals surface area contributed by atoms with Gasteiger partial charge in [0.05, 0.1) is 0 Å². The van der Waals surface area contributed by atoms with Crippen LogP contribution in [-0.4, -0.2) is 36.9 Å². The fourth-order valence-corrected chi connectivity index (χ4v) is 2.42. The van der Waals surface area contributed by atoms with Crippen molar-refractivity contribution in [1.82, 2.24) is 4.90 Å². The molecule has 1 aromatic carbocycles. The highest BCUT2D eigenvalue weighted by atomic mass is 35.5. The van der Waals surface area contributed by atoms with Gasteiger partial charge in [0.25, 0.3) is 0 Å². The highest BCUT2D eigenvalue weighted by Gasteiger charge is 2.09. The van der Waals surface area contributed by atoms with Crippen molar-refractivity contribution in [2.75, 3.05) is 26.2 Å². The van der Waals surface area contributed by atoms with Gasteiger partial charge < -0.3 is 4.74 Å². The molecule has 4 heteroatoms. The summed E-state index contributed by atoms with van der Waals surface area (Å²) >= 11 is 0. The van der Waals surface area contributed by atoms with Crippen molar-refractivity contribution in [2.24, 2.45) is 0 Å². The van der Waals surface area contributed by atoms with Crippen molar-refractivity contribution in [3.63, 3.8) is 0 Å². The molecule has 20 heavy (non-hydrogen) atoms. The van der Waals surface area contributed by atoms with E-state index in [2.05, 4.69) is 4.90 Å². The molecule has 1 aliphatic rings. The minimum absolute atomic E-state index is 0. The molecule has 0 aliphatic carbocycles. The number of benzene rings is 1. The van der Waals surface area contributed by atoms with Gasteiger partial charge in [-0.25, -0.2) is 0 Å². The number of ketones is 1. The summed E-state index contributed by atoms with van der Waals surface area (Å²) in [5.41, 5.74) is 0.769. The molecule has 0 aromatic heterocycles. The number of rotatable bonds is 6. The minimum Gasteiger partial charge on any atom is -0.492 e. The maximum absolute atomic E-state index is 11.5. The van der Waals surface area contributed by atoms with Crippen LogP contribution in [0.2, 0.25) is 0 Å². The van der Waals surface area contributed by atoms with Crippen LogP contribution in [0.5, 0.6) is 5.75 Å². The molecule has 0 N–H and O–H groups in total. The average molecular weight is 298 g/mol. The summed E-state index contributed by atoms with van der Waals surface area (Å²) in [6, 6.07) is 7.47. The summed E-state index contributed by atoms with van der Waals surface area (Å²) in [6.07, 6.45) is 4.54. The number of piperidine rings is 1. The maximum Gasteiger partial charge on any atom is 0.162 e. The van der Waals surface area contributed by atoms with Crippen molar-refractivity contribution in [1.29, 1.82) is 0 Å². The standard InChI is InChI=1S/C16H23NO2.ClH/c1-2-16(18)14-6-8-15(9-7-14)19-13-12-17-10-4-3-5-11-17;/h6-9H,2-5,10-13H2,1H3;1H. The van der Waals surface area contributed by atoms with Crippen molar-refractivity contribution in [3.8, 4) is 5.75 Å². The second kappa shape index (κ2) is 8.98. The minimum atomic E-state index is 0. The quantitative estimate of drug-likeness (QED) is 0.752. The van der Waals surface area contributed by atoms with Crippen LogP contribution in [0.15, 0.2) is 24.3 Å². The first kappa shape index (κ1) is 17.0. The Hall–Kier alpha value is -1.06. The largest absolute Gasteiger partial charge is 0.492 e. The molecule has 0 radical (unpaired) electrons. The molecule has 1 heterocycles. The molecule has 1 fully saturated rings. The zero-order valence-electron chi connectivity index (χ0n) is 12.1. The van der Waals surface area contributed by atoms with Crippen LogP contribution in [0, 0.1) is 0 Å². The third-order valence-electron chi connectivity index (χ3n) is 3.62. The lowest BCUT2D eigenvalue weighted by Gasteiger charge is -2.26. The van der Waals surface area contributed by atoms with E-state index in [1.54, 1.807) is 0 Å². The lowest BCUT2D eigenvalue weighted by Crippen LogP contribution is -2.33. The normalized spacial score (nSPS) is 15.4. The number of hydrogen-bond acceptors (Lipinski definition) is 3. The number of nitrogens with zero attached hydrogens (tertiary/aromatic N) is 1. The van der Waals surface area contributed by atoms with Crippen LogP contribution in [0.4, 0.5) is 0 Å². The number of halogens is 1. The van der Waals surface area contributed by atoms with Gasteiger partial charge >= 0.3 is 0 Å². The second-order valence-corrected chi connectivity index (χ2v) is 5.05. The molecular formula is C16H24ClNO2. The number of carbonyl (C=O) groups excluding carboxylic acids is 1. The van der Waals surface area contributed by atoms with Gasteiger partial charge in [0.1, 0.15) is 12.4 Å². The van der Waals surface area contributed by atoms with Crippen LogP contribution >= 0.6 is 12.4 Å². The Morgan fingerprint density at radius 1 is 1.15 bits per heavy atom. The topological polar surface area (TPSA) is 29.5 Å². The van der Waals surface area contributed by atoms with E-state index in [1.807, 2.05) is 31.2 Å². The van der Waals surface area contributed by atoms with Crippen molar-refractivity contribution >= 4 is 18.2 Å². The second-order valence-electron chi connectivity index (χ2n) is 5.05. The molecular weight excluding hydrogens is 274 g/mol. The zero-order chi connectivity index (χ0) is 13.5. The first-order valence-electron chi connectivity index (χ1n) is 7.28. The van der Waals surface area contributed by atoms with Crippen LogP contribution in [0.1, 0.15) is 43.0 Å². The van der Waals surface area contributed by atoms with Crippen LogP contribution in [0.3, 0.4) is 0 Å². The first-order chi connectivity index (χ1) is 9.29. The third kappa shape index (κ3) is 5.14. The molecule has 0 amide bonds. The van der Waals surface area contributed by atoms with Crippen molar-refractivity contribution in [2.45, 2.75) is 32.6 Å². The number of Topliss-reactive ketones (excluding diaryl/α,β-unsaturated/α-hetero) is 1. The predicted octanol–water partition coefficient (Wildman–Crippen LogP) is 3.57. The summed E-state index contributed by atoms with van der Waals surface area (Å²) in [6.45, 7) is 6.00. The van der Waals surface area contributed by atoms with E-state index in [1.165, 1.54) is 32.4 Å². The molecule has 0 spiro atoms. The van der Waals surface area contributed by atoms with E-state index in [0.717, 1.165) is 24.5 Å². The van der Waals surface area contributed by atoms with Gasteiger partial charge in [-0.2, -0.15) is 0 Å². The fraction of sp³-hybridized carbons (Fsp3) is 0.562. The maximum atomic E-state index is 11.5. The third-order valence-corrected chi connectivity index (χ3v) is 3.62. The van der Waals surface area contributed by atoms with E-state index in [4.69, 9.17) is 4.74 Å². The fourth-order valence-electron chi connectivity index (χ4n) is 2.42. The average Bonchev–Trinajstić information content (AvgIpc) is 2.48. The lowest BCUT2D eigenvalue weighted by atomic mass is 10.1. The van der Waals surface area contributed by atoms with Gasteiger partial charge in [0.15, 0.2) is 5.78 Å². The first-order valence-corrected chi connectivity index (χ1v) is 7.28. The molecule has 2 rings (SSSR count). The molecule has 1 saturated heterocycles. The van der Waals surface area contributed by atoms with Gasteiger partial charge in [-0.1, -0.05) is 13.3 Å². The van der Waals surface area contributed by atoms with Gasteiger partial charge in [-0.3, -0.25) is 9.69 Å². The van der Waals surface area contributed by atoms with E-state index in [-0.39, 0.29) is 18.2 Å². The Morgan fingerprint density at radius 2 is 1.80 bits per heavy atom. The Bertz CT molecular complexity index is 399. The molecule has 0 atom stereocenters. The Morgan fingerprint density at radius 3 is 2.40 bits per heavy atom. The number of likely N-dealkylation sites (tertiary alicyclic amines) is 1. The lowest BCUT2D eigenvalue weighted by molar-refractivity contribution is 0.0988. The van der Waals surface area contributed by atoms with Gasteiger partial charge in [-0.05, 0) is 50.2 Å². The Labute approximate surface area is 127 Å². The van der Waals surface area contributed by atoms with Gasteiger partial charge in [0.2, 0.25) is 0 Å². The Kier molecular flexibility index (Phi) is 7.63. The number of hydrogen-bond donors (Lipinski definition) is 0.